The number of benzene rings is 2. The molecule has 7 heteroatoms. The van der Waals surface area contributed by atoms with Crippen molar-refractivity contribution < 1.29 is 17.6 Å². The number of carbonyl (C=O) groups excluding carboxylic acids is 1. The van der Waals surface area contributed by atoms with Gasteiger partial charge in [0.2, 0.25) is 5.91 Å². The Bertz CT molecular complexity index is 1070. The summed E-state index contributed by atoms with van der Waals surface area (Å²) in [5.74, 6) is -0.557. The van der Waals surface area contributed by atoms with Crippen molar-refractivity contribution >= 4 is 27.3 Å². The van der Waals surface area contributed by atoms with Gasteiger partial charge in [-0.1, -0.05) is 6.07 Å². The standard InChI is InChI=1S/C21H23FN2O3S/c1-14-11-17-6-4-10-24(21(17)19(22)12-14)28(26,27)18-7-8-20-16(13-18)5-3-9-23(20)15(2)25/h7-8,11-13H,3-6,9-10H2,1-2H3. The maximum absolute atomic E-state index is 14.7. The van der Waals surface area contributed by atoms with Crippen LogP contribution in [0.15, 0.2) is 35.2 Å². The average Bonchev–Trinajstić information content (AvgIpc) is 2.66. The van der Waals surface area contributed by atoms with E-state index in [0.717, 1.165) is 28.8 Å². The summed E-state index contributed by atoms with van der Waals surface area (Å²) >= 11 is 0. The summed E-state index contributed by atoms with van der Waals surface area (Å²) in [6.45, 7) is 4.21. The number of rotatable bonds is 2. The topological polar surface area (TPSA) is 57.7 Å². The molecule has 0 aromatic heterocycles. The Kier molecular flexibility index (Phi) is 4.65. The van der Waals surface area contributed by atoms with Crippen molar-refractivity contribution in [3.05, 3.63) is 52.8 Å². The highest BCUT2D eigenvalue weighted by atomic mass is 32.2. The molecular weight excluding hydrogens is 379 g/mol. The zero-order valence-corrected chi connectivity index (χ0v) is 16.9. The Hall–Kier alpha value is -2.41. The maximum atomic E-state index is 14.7. The summed E-state index contributed by atoms with van der Waals surface area (Å²) in [5, 5.41) is 0. The van der Waals surface area contributed by atoms with Gasteiger partial charge in [-0.2, -0.15) is 0 Å². The maximum Gasteiger partial charge on any atom is 0.264 e. The zero-order valence-electron chi connectivity index (χ0n) is 16.0. The molecule has 0 saturated heterocycles. The SMILES string of the molecule is CC(=O)N1CCCc2cc(S(=O)(=O)N3CCCc4cc(C)cc(F)c43)ccc21. The van der Waals surface area contributed by atoms with E-state index in [2.05, 4.69) is 0 Å². The third-order valence-electron chi connectivity index (χ3n) is 5.48. The number of hydrogen-bond acceptors (Lipinski definition) is 3. The van der Waals surface area contributed by atoms with Crippen LogP contribution < -0.4 is 9.21 Å². The van der Waals surface area contributed by atoms with Crippen LogP contribution in [-0.2, 0) is 27.7 Å². The summed E-state index contributed by atoms with van der Waals surface area (Å²) in [6.07, 6.45) is 2.82. The van der Waals surface area contributed by atoms with Gasteiger partial charge < -0.3 is 4.90 Å². The van der Waals surface area contributed by atoms with Crippen LogP contribution in [0.1, 0.15) is 36.5 Å². The van der Waals surface area contributed by atoms with Crippen LogP contribution in [0.3, 0.4) is 0 Å². The number of nitrogens with zero attached hydrogens (tertiary/aromatic N) is 2. The van der Waals surface area contributed by atoms with E-state index in [4.69, 9.17) is 0 Å². The van der Waals surface area contributed by atoms with Crippen molar-refractivity contribution in [2.45, 2.75) is 44.4 Å². The Labute approximate surface area is 164 Å². The molecule has 2 aromatic carbocycles. The molecular formula is C21H23FN2O3S. The lowest BCUT2D eigenvalue weighted by atomic mass is 10.0. The van der Waals surface area contributed by atoms with Crippen LogP contribution in [0.5, 0.6) is 0 Å². The molecule has 2 heterocycles. The molecule has 2 aliphatic heterocycles. The van der Waals surface area contributed by atoms with E-state index in [9.17, 15) is 17.6 Å². The predicted octanol–water partition coefficient (Wildman–Crippen LogP) is 3.57. The molecule has 0 fully saturated rings. The highest BCUT2D eigenvalue weighted by Crippen LogP contribution is 2.37. The Morgan fingerprint density at radius 1 is 1.04 bits per heavy atom. The van der Waals surface area contributed by atoms with Gasteiger partial charge in [0, 0.05) is 25.7 Å². The summed E-state index contributed by atoms with van der Waals surface area (Å²) < 4.78 is 42.6. The molecule has 0 atom stereocenters. The monoisotopic (exact) mass is 402 g/mol. The van der Waals surface area contributed by atoms with Crippen molar-refractivity contribution in [3.63, 3.8) is 0 Å². The fraction of sp³-hybridized carbons (Fsp3) is 0.381. The van der Waals surface area contributed by atoms with Gasteiger partial charge in [0.05, 0.1) is 10.6 Å². The highest BCUT2D eigenvalue weighted by molar-refractivity contribution is 7.92. The summed E-state index contributed by atoms with van der Waals surface area (Å²) in [6, 6.07) is 8.09. The van der Waals surface area contributed by atoms with Gasteiger partial charge in [-0.15, -0.1) is 0 Å². The fourth-order valence-corrected chi connectivity index (χ4v) is 5.83. The lowest BCUT2D eigenvalue weighted by Gasteiger charge is -2.32. The van der Waals surface area contributed by atoms with E-state index >= 15 is 0 Å². The first-order valence-corrected chi connectivity index (χ1v) is 11.0. The van der Waals surface area contributed by atoms with E-state index in [1.807, 2.05) is 6.07 Å². The molecule has 148 valence electrons. The molecule has 0 N–H and O–H groups in total. The Balaban J connectivity index is 1.78. The smallest absolute Gasteiger partial charge is 0.264 e. The van der Waals surface area contributed by atoms with E-state index in [1.165, 1.54) is 23.4 Å². The van der Waals surface area contributed by atoms with E-state index in [0.29, 0.717) is 25.8 Å². The van der Waals surface area contributed by atoms with Gasteiger partial charge >= 0.3 is 0 Å². The number of carbonyl (C=O) groups is 1. The number of aryl methyl sites for hydroxylation is 3. The molecule has 0 spiro atoms. The van der Waals surface area contributed by atoms with Crippen LogP contribution in [0.4, 0.5) is 15.8 Å². The molecule has 2 aromatic rings. The molecule has 4 rings (SSSR count). The fourth-order valence-electron chi connectivity index (χ4n) is 4.23. The number of halogens is 1. The number of amides is 1. The van der Waals surface area contributed by atoms with E-state index in [-0.39, 0.29) is 23.0 Å². The normalized spacial score (nSPS) is 16.5. The number of hydrogen-bond donors (Lipinski definition) is 0. The molecule has 5 nitrogen and oxygen atoms in total. The Morgan fingerprint density at radius 2 is 1.75 bits per heavy atom. The van der Waals surface area contributed by atoms with Gasteiger partial charge in [0.25, 0.3) is 10.0 Å². The number of fused-ring (bicyclic) bond motifs is 2. The van der Waals surface area contributed by atoms with Crippen LogP contribution >= 0.6 is 0 Å². The molecule has 0 radical (unpaired) electrons. The van der Waals surface area contributed by atoms with Gasteiger partial charge in [0.1, 0.15) is 5.82 Å². The third kappa shape index (κ3) is 3.07. The third-order valence-corrected chi connectivity index (χ3v) is 7.28. The first kappa shape index (κ1) is 18.9. The number of anilines is 2. The molecule has 1 amide bonds. The van der Waals surface area contributed by atoms with Crippen LogP contribution in [0.2, 0.25) is 0 Å². The molecule has 0 unspecified atom stereocenters. The van der Waals surface area contributed by atoms with Crippen molar-refractivity contribution in [3.8, 4) is 0 Å². The zero-order chi connectivity index (χ0) is 20.1. The van der Waals surface area contributed by atoms with Crippen molar-refractivity contribution in [2.24, 2.45) is 0 Å². The van der Waals surface area contributed by atoms with Gasteiger partial charge in [-0.05, 0) is 73.6 Å². The second-order valence-corrected chi connectivity index (χ2v) is 9.36. The lowest BCUT2D eigenvalue weighted by Crippen LogP contribution is -2.37. The summed E-state index contributed by atoms with van der Waals surface area (Å²) in [4.78, 5) is 13.7. The minimum atomic E-state index is -3.89. The summed E-state index contributed by atoms with van der Waals surface area (Å²) in [7, 11) is -3.89. The van der Waals surface area contributed by atoms with E-state index in [1.54, 1.807) is 24.0 Å². The van der Waals surface area contributed by atoms with Crippen LogP contribution in [0, 0.1) is 12.7 Å². The minimum absolute atomic E-state index is 0.0565. The van der Waals surface area contributed by atoms with Gasteiger partial charge in [-0.25, -0.2) is 12.8 Å². The van der Waals surface area contributed by atoms with Crippen LogP contribution in [-0.4, -0.2) is 27.4 Å². The molecule has 28 heavy (non-hydrogen) atoms. The van der Waals surface area contributed by atoms with Crippen molar-refractivity contribution in [1.29, 1.82) is 0 Å². The van der Waals surface area contributed by atoms with Gasteiger partial charge in [-0.3, -0.25) is 9.10 Å². The predicted molar refractivity (Wildman–Crippen MR) is 107 cm³/mol. The second kappa shape index (κ2) is 6.88. The number of sulfonamides is 1. The first-order chi connectivity index (χ1) is 13.3. The average molecular weight is 402 g/mol. The molecule has 0 bridgehead atoms. The minimum Gasteiger partial charge on any atom is -0.312 e. The first-order valence-electron chi connectivity index (χ1n) is 9.52. The van der Waals surface area contributed by atoms with Crippen LogP contribution in [0.25, 0.3) is 0 Å². The van der Waals surface area contributed by atoms with Crippen molar-refractivity contribution in [2.75, 3.05) is 22.3 Å². The lowest BCUT2D eigenvalue weighted by molar-refractivity contribution is -0.116. The molecule has 0 aliphatic carbocycles. The van der Waals surface area contributed by atoms with E-state index < -0.39 is 15.8 Å². The van der Waals surface area contributed by atoms with Gasteiger partial charge in [0.15, 0.2) is 0 Å². The molecule has 0 saturated carbocycles. The Morgan fingerprint density at radius 3 is 2.50 bits per heavy atom. The second-order valence-electron chi connectivity index (χ2n) is 7.50. The largest absolute Gasteiger partial charge is 0.312 e. The highest BCUT2D eigenvalue weighted by Gasteiger charge is 2.32. The molecule has 2 aliphatic rings. The quantitative estimate of drug-likeness (QED) is 0.772. The van der Waals surface area contributed by atoms with Crippen molar-refractivity contribution in [1.82, 2.24) is 0 Å². The summed E-state index contributed by atoms with van der Waals surface area (Å²) in [5.41, 5.74) is 3.28.